The van der Waals surface area contributed by atoms with Gasteiger partial charge in [0, 0.05) is 42.3 Å². The molecule has 2 aromatic carbocycles. The Labute approximate surface area is 178 Å². The Morgan fingerprint density at radius 1 is 1.07 bits per heavy atom. The van der Waals surface area contributed by atoms with Gasteiger partial charge >= 0.3 is 0 Å². The van der Waals surface area contributed by atoms with Crippen LogP contribution in [-0.2, 0) is 16.6 Å². The summed E-state index contributed by atoms with van der Waals surface area (Å²) in [7, 11) is -2.04. The van der Waals surface area contributed by atoms with Gasteiger partial charge in [0.1, 0.15) is 0 Å². The quantitative estimate of drug-likeness (QED) is 0.604. The zero-order chi connectivity index (χ0) is 22.1. The van der Waals surface area contributed by atoms with Crippen LogP contribution in [0.25, 0.3) is 10.9 Å². The summed E-state index contributed by atoms with van der Waals surface area (Å²) < 4.78 is 31.2. The molecule has 0 aliphatic rings. The predicted molar refractivity (Wildman–Crippen MR) is 120 cm³/mol. The van der Waals surface area contributed by atoms with Crippen molar-refractivity contribution in [2.75, 3.05) is 7.05 Å². The van der Waals surface area contributed by atoms with Gasteiger partial charge < -0.3 is 9.88 Å². The topological polar surface area (TPSA) is 80.2 Å². The lowest BCUT2D eigenvalue weighted by atomic mass is 10.1. The number of carbonyl (C=O) groups excluding carboxylic acids is 1. The van der Waals surface area contributed by atoms with Crippen LogP contribution in [0.5, 0.6) is 0 Å². The predicted octanol–water partition coefficient (Wildman–Crippen LogP) is 3.68. The van der Waals surface area contributed by atoms with Gasteiger partial charge in [-0.1, -0.05) is 24.6 Å². The van der Waals surface area contributed by atoms with Crippen LogP contribution in [0.4, 0.5) is 0 Å². The van der Waals surface area contributed by atoms with Crippen LogP contribution in [-0.4, -0.2) is 32.0 Å². The number of benzene rings is 2. The summed E-state index contributed by atoms with van der Waals surface area (Å²) in [6, 6.07) is 11.0. The molecule has 30 heavy (non-hydrogen) atoms. The minimum absolute atomic E-state index is 0.132. The van der Waals surface area contributed by atoms with Gasteiger partial charge in [-0.3, -0.25) is 4.79 Å². The number of nitrogens with one attached hydrogen (secondary N) is 2. The molecule has 6 nitrogen and oxygen atoms in total. The number of nitrogens with zero attached hydrogens (tertiary/aromatic N) is 1. The molecule has 1 atom stereocenters. The van der Waals surface area contributed by atoms with Crippen LogP contribution in [0.1, 0.15) is 40.4 Å². The molecular formula is C23H29N3O3S. The minimum atomic E-state index is -3.64. The number of hydrogen-bond donors (Lipinski definition) is 2. The molecule has 1 aromatic heterocycles. The molecule has 160 valence electrons. The standard InChI is InChI=1S/C23H29N3O3S/c1-6-20(25-30(28,29)22-16(3)11-15(2)12-17(22)4)14-26-10-9-18-13-19(23(27)24-5)7-8-21(18)26/h7-13,20,25H,6,14H2,1-5H3,(H,24,27)/t20-/m0/s1. The van der Waals surface area contributed by atoms with E-state index >= 15 is 0 Å². The number of aryl methyl sites for hydroxylation is 3. The molecule has 0 saturated heterocycles. The lowest BCUT2D eigenvalue weighted by Gasteiger charge is -2.20. The average Bonchev–Trinajstić information content (AvgIpc) is 3.07. The van der Waals surface area contributed by atoms with E-state index < -0.39 is 10.0 Å². The van der Waals surface area contributed by atoms with Gasteiger partial charge in [0.25, 0.3) is 5.91 Å². The van der Waals surface area contributed by atoms with Crippen molar-refractivity contribution in [1.82, 2.24) is 14.6 Å². The highest BCUT2D eigenvalue weighted by molar-refractivity contribution is 7.89. The molecule has 0 aliphatic carbocycles. The minimum Gasteiger partial charge on any atom is -0.355 e. The number of aromatic nitrogens is 1. The summed E-state index contributed by atoms with van der Waals surface area (Å²) >= 11 is 0. The first-order chi connectivity index (χ1) is 14.2. The third-order valence-corrected chi connectivity index (χ3v) is 7.19. The Morgan fingerprint density at radius 2 is 1.73 bits per heavy atom. The zero-order valence-corrected chi connectivity index (χ0v) is 18.9. The molecule has 2 N–H and O–H groups in total. The molecule has 3 rings (SSSR count). The van der Waals surface area contributed by atoms with Crippen molar-refractivity contribution in [2.24, 2.45) is 0 Å². The van der Waals surface area contributed by atoms with Gasteiger partial charge in [0.05, 0.1) is 4.90 Å². The van der Waals surface area contributed by atoms with E-state index in [2.05, 4.69) is 10.0 Å². The second-order valence-corrected chi connectivity index (χ2v) is 9.43. The molecular weight excluding hydrogens is 398 g/mol. The molecule has 0 spiro atoms. The first-order valence-corrected chi connectivity index (χ1v) is 11.6. The van der Waals surface area contributed by atoms with Gasteiger partial charge in [0.2, 0.25) is 10.0 Å². The Balaban J connectivity index is 1.86. The van der Waals surface area contributed by atoms with Crippen molar-refractivity contribution >= 4 is 26.8 Å². The average molecular weight is 428 g/mol. The molecule has 7 heteroatoms. The van der Waals surface area contributed by atoms with Crippen LogP contribution in [0.2, 0.25) is 0 Å². The van der Waals surface area contributed by atoms with E-state index in [9.17, 15) is 13.2 Å². The van der Waals surface area contributed by atoms with Crippen LogP contribution in [0.3, 0.4) is 0 Å². The molecule has 0 aliphatic heterocycles. The molecule has 1 heterocycles. The van der Waals surface area contributed by atoms with E-state index in [4.69, 9.17) is 0 Å². The number of sulfonamides is 1. The van der Waals surface area contributed by atoms with Gasteiger partial charge in [-0.2, -0.15) is 0 Å². The summed E-state index contributed by atoms with van der Waals surface area (Å²) in [6.07, 6.45) is 2.58. The lowest BCUT2D eigenvalue weighted by Crippen LogP contribution is -2.38. The number of fused-ring (bicyclic) bond motifs is 1. The molecule has 0 fully saturated rings. The van der Waals surface area contributed by atoms with Crippen molar-refractivity contribution in [3.8, 4) is 0 Å². The second kappa shape index (κ2) is 8.62. The Bertz CT molecular complexity index is 1170. The summed E-state index contributed by atoms with van der Waals surface area (Å²) in [5.74, 6) is -0.132. The van der Waals surface area contributed by atoms with Crippen LogP contribution >= 0.6 is 0 Å². The third-order valence-electron chi connectivity index (χ3n) is 5.37. The Morgan fingerprint density at radius 3 is 2.33 bits per heavy atom. The second-order valence-electron chi connectivity index (χ2n) is 7.78. The first-order valence-electron chi connectivity index (χ1n) is 10.1. The summed E-state index contributed by atoms with van der Waals surface area (Å²) in [5, 5.41) is 3.57. The maximum Gasteiger partial charge on any atom is 0.251 e. The molecule has 1 amide bonds. The fraction of sp³-hybridized carbons (Fsp3) is 0.348. The van der Waals surface area contributed by atoms with Gasteiger partial charge in [-0.05, 0) is 62.6 Å². The highest BCUT2D eigenvalue weighted by Gasteiger charge is 2.23. The zero-order valence-electron chi connectivity index (χ0n) is 18.1. The molecule has 0 radical (unpaired) electrons. The number of hydrogen-bond acceptors (Lipinski definition) is 3. The number of amides is 1. The van der Waals surface area contributed by atoms with E-state index in [1.54, 1.807) is 13.1 Å². The normalized spacial score (nSPS) is 12.8. The van der Waals surface area contributed by atoms with Crippen LogP contribution in [0, 0.1) is 20.8 Å². The number of rotatable bonds is 7. The summed E-state index contributed by atoms with van der Waals surface area (Å²) in [5.41, 5.74) is 4.11. The monoisotopic (exact) mass is 427 g/mol. The van der Waals surface area contributed by atoms with Crippen LogP contribution < -0.4 is 10.0 Å². The molecule has 3 aromatic rings. The SMILES string of the molecule is CC[C@@H](Cn1ccc2cc(C(=O)NC)ccc21)NS(=O)(=O)c1c(C)cc(C)cc1C. The van der Waals surface area contributed by atoms with Crippen molar-refractivity contribution in [3.63, 3.8) is 0 Å². The Hall–Kier alpha value is -2.64. The highest BCUT2D eigenvalue weighted by Crippen LogP contribution is 2.23. The molecule has 0 bridgehead atoms. The lowest BCUT2D eigenvalue weighted by molar-refractivity contribution is 0.0963. The van der Waals surface area contributed by atoms with E-state index in [1.807, 2.05) is 68.8 Å². The number of carbonyl (C=O) groups is 1. The van der Waals surface area contributed by atoms with Gasteiger partial charge in [-0.15, -0.1) is 0 Å². The van der Waals surface area contributed by atoms with Gasteiger partial charge in [-0.25, -0.2) is 13.1 Å². The highest BCUT2D eigenvalue weighted by atomic mass is 32.2. The van der Waals surface area contributed by atoms with Crippen molar-refractivity contribution in [1.29, 1.82) is 0 Å². The smallest absolute Gasteiger partial charge is 0.251 e. The maximum atomic E-state index is 13.1. The third kappa shape index (κ3) is 4.42. The Kier molecular flexibility index (Phi) is 6.33. The van der Waals surface area contributed by atoms with E-state index in [0.717, 1.165) is 27.6 Å². The largest absolute Gasteiger partial charge is 0.355 e. The molecule has 0 saturated carbocycles. The fourth-order valence-electron chi connectivity index (χ4n) is 4.00. The van der Waals surface area contributed by atoms with E-state index in [1.165, 1.54) is 0 Å². The first kappa shape index (κ1) is 22.1. The van der Waals surface area contributed by atoms with Crippen LogP contribution in [0.15, 0.2) is 47.5 Å². The van der Waals surface area contributed by atoms with Crippen molar-refractivity contribution in [2.45, 2.75) is 51.6 Å². The summed E-state index contributed by atoms with van der Waals surface area (Å²) in [4.78, 5) is 12.2. The molecule has 0 unspecified atom stereocenters. The maximum absolute atomic E-state index is 13.1. The van der Waals surface area contributed by atoms with E-state index in [-0.39, 0.29) is 11.9 Å². The van der Waals surface area contributed by atoms with Gasteiger partial charge in [0.15, 0.2) is 0 Å². The van der Waals surface area contributed by atoms with E-state index in [0.29, 0.717) is 23.4 Å². The fourth-order valence-corrected chi connectivity index (χ4v) is 5.76. The van der Waals surface area contributed by atoms with Crippen molar-refractivity contribution < 1.29 is 13.2 Å². The summed E-state index contributed by atoms with van der Waals surface area (Å²) in [6.45, 7) is 8.10. The van der Waals surface area contributed by atoms with Crippen molar-refractivity contribution in [3.05, 3.63) is 64.8 Å².